The topological polar surface area (TPSA) is 120 Å². The van der Waals surface area contributed by atoms with Crippen LogP contribution in [0, 0.1) is 17.3 Å². The number of alkyl halides is 2. The standard InChI is InChI=1S/C30H37F2N4O6.FH.V.H2/c1-16-21(15-37)36-14-23(16)41-26-24(33-19-10-9-18(40-5)13-20(19)34-26)30(31,32)11-7-6-8-17-12-22(17)42-28(39)35-25(27(36)38)29(2,3)4;;;/h9-10,13,16-17,21-23,25H,6-8,11-12,14H2,1-5H3,(H,35,39);1H;;1H/q-1;;;/t16-,17+,21+,22+,23-,25+;;;/m0.../s1. The molecule has 2 aromatic rings. The number of ether oxygens (including phenoxy) is 3. The Morgan fingerprint density at radius 3 is 2.52 bits per heavy atom. The van der Waals surface area contributed by atoms with E-state index in [4.69, 9.17) is 14.2 Å². The van der Waals surface area contributed by atoms with Crippen molar-refractivity contribution in [2.24, 2.45) is 17.3 Å². The molecule has 5 rings (SSSR count). The van der Waals surface area contributed by atoms with E-state index in [0.717, 1.165) is 0 Å². The Morgan fingerprint density at radius 1 is 1.14 bits per heavy atom. The van der Waals surface area contributed by atoms with Crippen molar-refractivity contribution in [3.05, 3.63) is 23.9 Å². The zero-order valence-corrected chi connectivity index (χ0v) is 26.7. The summed E-state index contributed by atoms with van der Waals surface area (Å²) in [6, 6.07) is 2.71. The predicted molar refractivity (Wildman–Crippen MR) is 153 cm³/mol. The number of halogens is 3. The Labute approximate surface area is 267 Å². The van der Waals surface area contributed by atoms with Crippen LogP contribution in [0.1, 0.15) is 66.9 Å². The molecule has 1 N–H and O–H groups in total. The number of nitrogens with one attached hydrogen (secondary N) is 1. The summed E-state index contributed by atoms with van der Waals surface area (Å²) in [5.74, 6) is -4.28. The molecule has 0 unspecified atom stereocenters. The number of rotatable bonds is 2. The van der Waals surface area contributed by atoms with Gasteiger partial charge in [-0.15, -0.1) is 0 Å². The summed E-state index contributed by atoms with van der Waals surface area (Å²) in [6.07, 6.45) is 1.55. The summed E-state index contributed by atoms with van der Waals surface area (Å²) in [6.45, 7) is 6.97. The van der Waals surface area contributed by atoms with E-state index in [0.29, 0.717) is 30.5 Å². The van der Waals surface area contributed by atoms with Crippen molar-refractivity contribution >= 4 is 29.3 Å². The first-order valence-electron chi connectivity index (χ1n) is 14.4. The van der Waals surface area contributed by atoms with E-state index in [1.807, 2.05) is 6.29 Å². The summed E-state index contributed by atoms with van der Waals surface area (Å²) in [4.78, 5) is 48.8. The molecule has 2 amide bonds. The molecule has 10 nitrogen and oxygen atoms in total. The van der Waals surface area contributed by atoms with Crippen LogP contribution in [0.15, 0.2) is 18.2 Å². The van der Waals surface area contributed by atoms with Crippen molar-refractivity contribution in [2.75, 3.05) is 13.7 Å². The average Bonchev–Trinajstić information content (AvgIpc) is 3.59. The van der Waals surface area contributed by atoms with E-state index in [9.17, 15) is 14.4 Å². The molecular formula is C30H40F3N4O6V-. The number of methoxy groups -OCH3 is 1. The molecule has 1 saturated heterocycles. The van der Waals surface area contributed by atoms with Crippen LogP contribution in [-0.4, -0.2) is 71.1 Å². The smallest absolute Gasteiger partial charge is 0.408 e. The second kappa shape index (κ2) is 13.5. The van der Waals surface area contributed by atoms with E-state index in [2.05, 4.69) is 15.3 Å². The zero-order chi connectivity index (χ0) is 30.4. The Balaban J connectivity index is 0.00000235. The van der Waals surface area contributed by atoms with Gasteiger partial charge in [0.15, 0.2) is 5.69 Å². The van der Waals surface area contributed by atoms with Gasteiger partial charge in [-0.05, 0) is 48.6 Å². The van der Waals surface area contributed by atoms with Gasteiger partial charge < -0.3 is 29.2 Å². The van der Waals surface area contributed by atoms with Gasteiger partial charge in [0.05, 0.1) is 24.7 Å². The van der Waals surface area contributed by atoms with E-state index in [1.54, 1.807) is 45.9 Å². The fraction of sp³-hybridized carbons (Fsp3) is 0.633. The van der Waals surface area contributed by atoms with Crippen molar-refractivity contribution in [2.45, 2.75) is 90.0 Å². The Kier molecular flexibility index (Phi) is 10.9. The third kappa shape index (κ3) is 7.25. The number of carbonyl (C=O) groups is 2. The SMILES string of the molecule is COc1ccc2nc3c(nc2c1)O[C@H]1CN(C(=O)[C@H](C(C)(C)C)NC(=O)O[C@@H]2C[C@H]2CCCCC3(F)F)[C@H]([C-]=O)[C@@H]1C.F.[HH].[V]. The van der Waals surface area contributed by atoms with Crippen LogP contribution in [0.2, 0.25) is 0 Å². The largest absolute Gasteiger partial charge is 0.540 e. The van der Waals surface area contributed by atoms with Crippen molar-refractivity contribution in [1.29, 1.82) is 0 Å². The molecule has 3 heterocycles. The molecule has 1 aliphatic carbocycles. The maximum atomic E-state index is 15.8. The summed E-state index contributed by atoms with van der Waals surface area (Å²) in [7, 11) is 1.48. The number of benzene rings is 1. The number of nitrogens with zero attached hydrogens (tertiary/aromatic N) is 3. The van der Waals surface area contributed by atoms with Crippen LogP contribution in [0.25, 0.3) is 11.0 Å². The number of carbonyl (C=O) groups excluding carboxylic acids is 3. The Morgan fingerprint density at radius 2 is 1.86 bits per heavy atom. The number of hydrogen-bond acceptors (Lipinski definition) is 8. The number of hydrogen-bond donors (Lipinski definition) is 1. The van der Waals surface area contributed by atoms with Crippen LogP contribution in [0.5, 0.6) is 11.6 Å². The molecule has 14 heteroatoms. The van der Waals surface area contributed by atoms with Crippen molar-refractivity contribution in [3.8, 4) is 11.6 Å². The second-order valence-corrected chi connectivity index (χ2v) is 12.6. The van der Waals surface area contributed by atoms with E-state index in [1.165, 1.54) is 12.0 Å². The maximum Gasteiger partial charge on any atom is 0.408 e. The maximum absolute atomic E-state index is 15.8. The van der Waals surface area contributed by atoms with Gasteiger partial charge in [-0.2, -0.15) is 8.78 Å². The molecule has 1 radical (unpaired) electrons. The molecule has 3 aliphatic rings. The molecule has 2 fully saturated rings. The van der Waals surface area contributed by atoms with E-state index < -0.39 is 59.6 Å². The fourth-order valence-corrected chi connectivity index (χ4v) is 5.76. The number of alkyl carbamates (subject to hydrolysis) is 1. The van der Waals surface area contributed by atoms with Crippen LogP contribution < -0.4 is 14.8 Å². The van der Waals surface area contributed by atoms with E-state index in [-0.39, 0.29) is 61.1 Å². The van der Waals surface area contributed by atoms with Gasteiger partial charge in [0, 0.05) is 32.5 Å². The zero-order valence-electron chi connectivity index (χ0n) is 25.3. The molecule has 1 aromatic carbocycles. The quantitative estimate of drug-likeness (QED) is 0.451. The molecule has 1 saturated carbocycles. The number of amides is 2. The molecule has 2 bridgehead atoms. The summed E-state index contributed by atoms with van der Waals surface area (Å²) < 4.78 is 48.5. The van der Waals surface area contributed by atoms with Gasteiger partial charge in [-0.1, -0.05) is 40.2 Å². The minimum Gasteiger partial charge on any atom is -0.540 e. The summed E-state index contributed by atoms with van der Waals surface area (Å²) >= 11 is 0. The average molecular weight is 661 g/mol. The van der Waals surface area contributed by atoms with E-state index >= 15 is 8.78 Å². The first kappa shape index (κ1) is 35.4. The monoisotopic (exact) mass is 660 g/mol. The van der Waals surface area contributed by atoms with Gasteiger partial charge in [-0.25, -0.2) is 21.0 Å². The predicted octanol–water partition coefficient (Wildman–Crippen LogP) is 4.93. The second-order valence-electron chi connectivity index (χ2n) is 12.6. The van der Waals surface area contributed by atoms with Gasteiger partial charge in [0.25, 0.3) is 5.92 Å². The molecule has 0 spiro atoms. The Bertz CT molecular complexity index is 1380. The minimum absolute atomic E-state index is 0. The van der Waals surface area contributed by atoms with Gasteiger partial charge in [0.1, 0.15) is 24.0 Å². The fourth-order valence-electron chi connectivity index (χ4n) is 5.76. The Hall–Kier alpha value is -3.06. The number of aromatic nitrogens is 2. The molecule has 1 aromatic heterocycles. The van der Waals surface area contributed by atoms with Gasteiger partial charge in [0.2, 0.25) is 11.8 Å². The third-order valence-electron chi connectivity index (χ3n) is 8.46. The molecule has 2 aliphatic heterocycles. The molecule has 243 valence electrons. The molecule has 44 heavy (non-hydrogen) atoms. The first-order valence-corrected chi connectivity index (χ1v) is 14.4. The summed E-state index contributed by atoms with van der Waals surface area (Å²) in [5.41, 5.74) is -0.749. The summed E-state index contributed by atoms with van der Waals surface area (Å²) in [5, 5.41) is 2.71. The van der Waals surface area contributed by atoms with Gasteiger partial charge >= 0.3 is 6.09 Å². The number of fused-ring (bicyclic) bond motifs is 5. The molecule has 6 atom stereocenters. The molecular weight excluding hydrogens is 620 g/mol. The normalized spacial score (nSPS) is 28.8. The van der Waals surface area contributed by atoms with Crippen LogP contribution in [0.3, 0.4) is 0 Å². The van der Waals surface area contributed by atoms with Crippen LogP contribution in [0.4, 0.5) is 18.3 Å². The van der Waals surface area contributed by atoms with Crippen LogP contribution in [-0.2, 0) is 38.8 Å². The van der Waals surface area contributed by atoms with Crippen molar-refractivity contribution in [3.63, 3.8) is 0 Å². The van der Waals surface area contributed by atoms with Crippen molar-refractivity contribution < 1.29 is 62.1 Å². The van der Waals surface area contributed by atoms with Crippen molar-refractivity contribution in [1.82, 2.24) is 20.2 Å². The first-order chi connectivity index (χ1) is 19.8. The minimum atomic E-state index is -3.36. The third-order valence-corrected chi connectivity index (χ3v) is 8.46. The van der Waals surface area contributed by atoms with Crippen LogP contribution >= 0.6 is 0 Å². The van der Waals surface area contributed by atoms with Gasteiger partial charge in [-0.3, -0.25) is 9.50 Å².